The van der Waals surface area contributed by atoms with Gasteiger partial charge in [-0.05, 0) is 50.8 Å². The molecule has 170 valence electrons. The zero-order valence-electron chi connectivity index (χ0n) is 18.7. The number of hydrogen-bond acceptors (Lipinski definition) is 4. The number of Topliss-reactive ketones (excluding diaryl/α,β-unsaturated/α-hetero) is 1. The molecule has 0 aliphatic carbocycles. The third-order valence-corrected chi connectivity index (χ3v) is 5.20. The largest absolute Gasteiger partial charge is 0.444 e. The van der Waals surface area contributed by atoms with Gasteiger partial charge in [0.05, 0.1) is 13.1 Å². The summed E-state index contributed by atoms with van der Waals surface area (Å²) in [5, 5.41) is 2.42. The summed E-state index contributed by atoms with van der Waals surface area (Å²) in [4.78, 5) is 38.7. The van der Waals surface area contributed by atoms with E-state index < -0.39 is 29.8 Å². The van der Waals surface area contributed by atoms with E-state index in [-0.39, 0.29) is 18.7 Å². The van der Waals surface area contributed by atoms with E-state index >= 15 is 4.39 Å². The first-order chi connectivity index (χ1) is 15.1. The number of halogens is 1. The van der Waals surface area contributed by atoms with Crippen molar-refractivity contribution >= 4 is 17.8 Å². The number of benzene rings is 2. The fourth-order valence-electron chi connectivity index (χ4n) is 3.60. The first-order valence-electron chi connectivity index (χ1n) is 10.7. The third kappa shape index (κ3) is 5.93. The average molecular weight is 441 g/mol. The Hall–Kier alpha value is -3.22. The maximum atomic E-state index is 15.4. The highest BCUT2D eigenvalue weighted by atomic mass is 19.1. The molecule has 2 aromatic carbocycles. The number of carbonyl (C=O) groups excluding carboxylic acids is 3. The van der Waals surface area contributed by atoms with Crippen LogP contribution in [0.1, 0.15) is 44.0 Å². The molecule has 0 bridgehead atoms. The lowest BCUT2D eigenvalue weighted by Crippen LogP contribution is -2.56. The molecule has 0 spiro atoms. The molecule has 7 heteroatoms. The van der Waals surface area contributed by atoms with E-state index in [9.17, 15) is 14.4 Å². The van der Waals surface area contributed by atoms with Gasteiger partial charge in [-0.1, -0.05) is 48.5 Å². The topological polar surface area (TPSA) is 75.7 Å². The number of nitrogens with one attached hydrogen (secondary N) is 1. The van der Waals surface area contributed by atoms with Crippen LogP contribution < -0.4 is 5.32 Å². The number of alkyl halides is 1. The summed E-state index contributed by atoms with van der Waals surface area (Å²) in [6.07, 6.45) is -0.340. The van der Waals surface area contributed by atoms with E-state index in [1.54, 1.807) is 39.0 Å². The molecule has 6 nitrogen and oxygen atoms in total. The van der Waals surface area contributed by atoms with Gasteiger partial charge < -0.3 is 15.0 Å². The highest BCUT2D eigenvalue weighted by Crippen LogP contribution is 2.27. The quantitative estimate of drug-likeness (QED) is 0.700. The van der Waals surface area contributed by atoms with Gasteiger partial charge in [0.1, 0.15) is 5.60 Å². The van der Waals surface area contributed by atoms with Crippen molar-refractivity contribution in [3.63, 3.8) is 0 Å². The second kappa shape index (κ2) is 9.51. The molecule has 1 atom stereocenters. The van der Waals surface area contributed by atoms with Gasteiger partial charge in [0.15, 0.2) is 5.78 Å². The number of hydrogen-bond donors (Lipinski definition) is 1. The average Bonchev–Trinajstić information content (AvgIpc) is 2.76. The molecule has 2 aromatic rings. The molecule has 0 saturated carbocycles. The van der Waals surface area contributed by atoms with E-state index in [1.807, 2.05) is 36.4 Å². The molecule has 1 heterocycles. The van der Waals surface area contributed by atoms with Gasteiger partial charge in [-0.25, -0.2) is 9.18 Å². The first kappa shape index (κ1) is 23.4. The molecule has 1 saturated heterocycles. The minimum Gasteiger partial charge on any atom is -0.444 e. The predicted octanol–water partition coefficient (Wildman–Crippen LogP) is 4.39. The fourth-order valence-corrected chi connectivity index (χ4v) is 3.60. The molecule has 1 unspecified atom stereocenters. The van der Waals surface area contributed by atoms with E-state index in [0.29, 0.717) is 18.5 Å². The van der Waals surface area contributed by atoms with Crippen LogP contribution in [-0.2, 0) is 9.53 Å². The molecule has 32 heavy (non-hydrogen) atoms. The standard InChI is InChI=1S/C25H29FN2O4/c1-24(2,3)32-23(31)28-14-8-13-25(26,17-28)22(30)27-16-21(29)20-12-7-11-19(15-20)18-9-5-4-6-10-18/h4-7,9-12,15H,8,13-14,16-17H2,1-3H3,(H,27,30). The smallest absolute Gasteiger partial charge is 0.410 e. The molecule has 1 aliphatic rings. The highest BCUT2D eigenvalue weighted by Gasteiger charge is 2.44. The third-order valence-electron chi connectivity index (χ3n) is 5.20. The maximum Gasteiger partial charge on any atom is 0.410 e. The van der Waals surface area contributed by atoms with E-state index in [1.165, 1.54) is 4.90 Å². The van der Waals surface area contributed by atoms with Gasteiger partial charge in [0, 0.05) is 12.1 Å². The number of rotatable bonds is 5. The molecule has 2 amide bonds. The van der Waals surface area contributed by atoms with Crippen molar-refractivity contribution in [2.45, 2.75) is 44.9 Å². The van der Waals surface area contributed by atoms with Crippen LogP contribution in [0.4, 0.5) is 9.18 Å². The van der Waals surface area contributed by atoms with Crippen LogP contribution in [0, 0.1) is 0 Å². The van der Waals surface area contributed by atoms with Crippen LogP contribution in [0.5, 0.6) is 0 Å². The zero-order valence-corrected chi connectivity index (χ0v) is 18.7. The molecule has 1 fully saturated rings. The maximum absolute atomic E-state index is 15.4. The number of ketones is 1. The van der Waals surface area contributed by atoms with Crippen LogP contribution in [-0.4, -0.2) is 53.6 Å². The van der Waals surface area contributed by atoms with Crippen molar-refractivity contribution in [3.05, 3.63) is 60.2 Å². The predicted molar refractivity (Wildman–Crippen MR) is 120 cm³/mol. The van der Waals surface area contributed by atoms with Crippen LogP contribution >= 0.6 is 0 Å². The van der Waals surface area contributed by atoms with Gasteiger partial charge in [0.2, 0.25) is 5.67 Å². The lowest BCUT2D eigenvalue weighted by atomic mass is 9.93. The van der Waals surface area contributed by atoms with Crippen molar-refractivity contribution < 1.29 is 23.5 Å². The summed E-state index contributed by atoms with van der Waals surface area (Å²) in [6.45, 7) is 4.77. The fraction of sp³-hybridized carbons (Fsp3) is 0.400. The zero-order chi connectivity index (χ0) is 23.4. The summed E-state index contributed by atoms with van der Waals surface area (Å²) in [5.74, 6) is -1.21. The second-order valence-corrected chi connectivity index (χ2v) is 9.02. The Balaban J connectivity index is 1.61. The number of nitrogens with zero attached hydrogens (tertiary/aromatic N) is 1. The minimum atomic E-state index is -2.26. The monoisotopic (exact) mass is 440 g/mol. The molecule has 0 aromatic heterocycles. The van der Waals surface area contributed by atoms with Crippen molar-refractivity contribution in [1.82, 2.24) is 10.2 Å². The Bertz CT molecular complexity index is 987. The minimum absolute atomic E-state index is 0.0180. The van der Waals surface area contributed by atoms with Gasteiger partial charge >= 0.3 is 6.09 Å². The number of likely N-dealkylation sites (tertiary alicyclic amines) is 1. The Morgan fingerprint density at radius 3 is 2.44 bits per heavy atom. The summed E-state index contributed by atoms with van der Waals surface area (Å²) in [5.41, 5.74) is -0.695. The summed E-state index contributed by atoms with van der Waals surface area (Å²) >= 11 is 0. The van der Waals surface area contributed by atoms with Crippen LogP contribution in [0.25, 0.3) is 11.1 Å². The lowest BCUT2D eigenvalue weighted by molar-refractivity contribution is -0.136. The van der Waals surface area contributed by atoms with Crippen LogP contribution in [0.2, 0.25) is 0 Å². The summed E-state index contributed by atoms with van der Waals surface area (Å²) in [7, 11) is 0. The van der Waals surface area contributed by atoms with E-state index in [4.69, 9.17) is 4.74 Å². The molecular formula is C25H29FN2O4. The van der Waals surface area contributed by atoms with Crippen molar-refractivity contribution in [1.29, 1.82) is 0 Å². The second-order valence-electron chi connectivity index (χ2n) is 9.02. The SMILES string of the molecule is CC(C)(C)OC(=O)N1CCCC(F)(C(=O)NCC(=O)c2cccc(-c3ccccc3)c2)C1. The lowest BCUT2D eigenvalue weighted by Gasteiger charge is -2.36. The summed E-state index contributed by atoms with van der Waals surface area (Å²) in [6, 6.07) is 16.7. The number of amides is 2. The summed E-state index contributed by atoms with van der Waals surface area (Å²) < 4.78 is 20.7. The number of piperidine rings is 1. The normalized spacial score (nSPS) is 18.7. The Labute approximate surface area is 187 Å². The van der Waals surface area contributed by atoms with E-state index in [2.05, 4.69) is 5.32 Å². The number of ether oxygens (including phenoxy) is 1. The van der Waals surface area contributed by atoms with Gasteiger partial charge in [-0.3, -0.25) is 9.59 Å². The molecule has 1 aliphatic heterocycles. The van der Waals surface area contributed by atoms with Crippen molar-refractivity contribution in [2.24, 2.45) is 0 Å². The van der Waals surface area contributed by atoms with Crippen LogP contribution in [0.15, 0.2) is 54.6 Å². The van der Waals surface area contributed by atoms with Gasteiger partial charge in [-0.15, -0.1) is 0 Å². The molecular weight excluding hydrogens is 411 g/mol. The first-order valence-corrected chi connectivity index (χ1v) is 10.7. The van der Waals surface area contributed by atoms with E-state index in [0.717, 1.165) is 11.1 Å². The Morgan fingerprint density at radius 1 is 1.06 bits per heavy atom. The van der Waals surface area contributed by atoms with Crippen molar-refractivity contribution in [2.75, 3.05) is 19.6 Å². The molecule has 0 radical (unpaired) electrons. The van der Waals surface area contributed by atoms with Gasteiger partial charge in [0.25, 0.3) is 5.91 Å². The highest BCUT2D eigenvalue weighted by molar-refractivity contribution is 6.01. The van der Waals surface area contributed by atoms with Crippen LogP contribution in [0.3, 0.4) is 0 Å². The van der Waals surface area contributed by atoms with Crippen molar-refractivity contribution in [3.8, 4) is 11.1 Å². The Kier molecular flexibility index (Phi) is 6.96. The molecule has 1 N–H and O–H groups in total. The molecule has 3 rings (SSSR count). The number of carbonyl (C=O) groups is 3. The van der Waals surface area contributed by atoms with Gasteiger partial charge in [-0.2, -0.15) is 0 Å². The Morgan fingerprint density at radius 2 is 1.75 bits per heavy atom.